The lowest BCUT2D eigenvalue weighted by Crippen LogP contribution is -2.33. The number of esters is 1. The number of carbonyl (C=O) groups excluding carboxylic acids is 1. The van der Waals surface area contributed by atoms with Crippen LogP contribution in [-0.4, -0.2) is 43.2 Å². The molecule has 1 heterocycles. The number of carbonyl (C=O) groups is 1. The van der Waals surface area contributed by atoms with Crippen LogP contribution in [0, 0.1) is 0 Å². The molecule has 0 aromatic heterocycles. The van der Waals surface area contributed by atoms with E-state index in [-0.39, 0.29) is 5.97 Å². The SMILES string of the molecule is C=CCOC1CCC(c2ccc(OC(=O)C(=C)CN3CCCCC3)cc2)CC1. The number of piperidine rings is 1. The summed E-state index contributed by atoms with van der Waals surface area (Å²) < 4.78 is 11.3. The molecule has 1 aromatic carbocycles. The third kappa shape index (κ3) is 6.05. The van der Waals surface area contributed by atoms with Crippen LogP contribution in [0.15, 0.2) is 49.1 Å². The summed E-state index contributed by atoms with van der Waals surface area (Å²) in [6, 6.07) is 7.99. The van der Waals surface area contributed by atoms with Gasteiger partial charge in [-0.25, -0.2) is 4.79 Å². The van der Waals surface area contributed by atoms with Crippen LogP contribution in [0.3, 0.4) is 0 Å². The molecule has 0 N–H and O–H groups in total. The average Bonchev–Trinajstić information content (AvgIpc) is 2.74. The fraction of sp³-hybridized carbons (Fsp3) is 0.542. The van der Waals surface area contributed by atoms with Crippen molar-refractivity contribution in [2.75, 3.05) is 26.2 Å². The fourth-order valence-electron chi connectivity index (χ4n) is 4.21. The molecule has 0 unspecified atom stereocenters. The molecule has 0 bridgehead atoms. The van der Waals surface area contributed by atoms with Gasteiger partial charge in [-0.3, -0.25) is 4.90 Å². The van der Waals surface area contributed by atoms with Crippen molar-refractivity contribution in [2.24, 2.45) is 0 Å². The molecule has 1 aliphatic heterocycles. The predicted octanol–water partition coefficient (Wildman–Crippen LogP) is 4.86. The quantitative estimate of drug-likeness (QED) is 0.278. The van der Waals surface area contributed by atoms with Crippen LogP contribution in [0.2, 0.25) is 0 Å². The lowest BCUT2D eigenvalue weighted by molar-refractivity contribution is -0.130. The third-order valence-corrected chi connectivity index (χ3v) is 5.84. The monoisotopic (exact) mass is 383 g/mol. The lowest BCUT2D eigenvalue weighted by Gasteiger charge is -2.28. The van der Waals surface area contributed by atoms with Gasteiger partial charge in [-0.05, 0) is 75.2 Å². The Morgan fingerprint density at radius 1 is 1.07 bits per heavy atom. The maximum absolute atomic E-state index is 12.3. The van der Waals surface area contributed by atoms with E-state index in [9.17, 15) is 4.79 Å². The van der Waals surface area contributed by atoms with E-state index in [1.807, 2.05) is 18.2 Å². The maximum atomic E-state index is 12.3. The van der Waals surface area contributed by atoms with Gasteiger partial charge in [0.05, 0.1) is 12.7 Å². The summed E-state index contributed by atoms with van der Waals surface area (Å²) in [6.45, 7) is 11.0. The van der Waals surface area contributed by atoms with Crippen LogP contribution in [0.5, 0.6) is 5.75 Å². The van der Waals surface area contributed by atoms with Crippen LogP contribution in [-0.2, 0) is 9.53 Å². The van der Waals surface area contributed by atoms with E-state index >= 15 is 0 Å². The van der Waals surface area contributed by atoms with E-state index in [0.29, 0.717) is 36.5 Å². The topological polar surface area (TPSA) is 38.8 Å². The molecule has 1 saturated heterocycles. The first-order valence-corrected chi connectivity index (χ1v) is 10.6. The summed E-state index contributed by atoms with van der Waals surface area (Å²) >= 11 is 0. The van der Waals surface area contributed by atoms with E-state index in [1.165, 1.54) is 24.8 Å². The van der Waals surface area contributed by atoms with Gasteiger partial charge in [0.1, 0.15) is 5.75 Å². The Morgan fingerprint density at radius 3 is 2.39 bits per heavy atom. The molecule has 4 heteroatoms. The Kier molecular flexibility index (Phi) is 7.87. The molecule has 4 nitrogen and oxygen atoms in total. The van der Waals surface area contributed by atoms with Crippen molar-refractivity contribution in [3.8, 4) is 5.75 Å². The molecule has 0 radical (unpaired) electrons. The van der Waals surface area contributed by atoms with Gasteiger partial charge in [-0.2, -0.15) is 0 Å². The molecule has 1 aromatic rings. The van der Waals surface area contributed by atoms with E-state index in [0.717, 1.165) is 38.8 Å². The van der Waals surface area contributed by atoms with Gasteiger partial charge in [-0.15, -0.1) is 6.58 Å². The fourth-order valence-corrected chi connectivity index (χ4v) is 4.21. The van der Waals surface area contributed by atoms with Crippen molar-refractivity contribution in [1.82, 2.24) is 4.90 Å². The van der Waals surface area contributed by atoms with Crippen LogP contribution < -0.4 is 4.74 Å². The summed E-state index contributed by atoms with van der Waals surface area (Å²) in [5.41, 5.74) is 1.85. The maximum Gasteiger partial charge on any atom is 0.340 e. The number of rotatable bonds is 8. The minimum atomic E-state index is -0.321. The minimum Gasteiger partial charge on any atom is -0.423 e. The number of hydrogen-bond acceptors (Lipinski definition) is 4. The molecule has 0 atom stereocenters. The van der Waals surface area contributed by atoms with Crippen LogP contribution in [0.4, 0.5) is 0 Å². The van der Waals surface area contributed by atoms with Gasteiger partial charge < -0.3 is 9.47 Å². The molecule has 1 saturated carbocycles. The highest BCUT2D eigenvalue weighted by atomic mass is 16.5. The highest BCUT2D eigenvalue weighted by Gasteiger charge is 2.23. The predicted molar refractivity (Wildman–Crippen MR) is 113 cm³/mol. The summed E-state index contributed by atoms with van der Waals surface area (Å²) in [7, 11) is 0. The Morgan fingerprint density at radius 2 is 1.75 bits per heavy atom. The summed E-state index contributed by atoms with van der Waals surface area (Å²) in [5, 5.41) is 0. The van der Waals surface area contributed by atoms with E-state index in [1.54, 1.807) is 0 Å². The second kappa shape index (κ2) is 10.6. The summed E-state index contributed by atoms with van der Waals surface area (Å²) in [5.74, 6) is 0.831. The number of likely N-dealkylation sites (tertiary alicyclic amines) is 1. The van der Waals surface area contributed by atoms with E-state index < -0.39 is 0 Å². The first-order chi connectivity index (χ1) is 13.7. The molecular weight excluding hydrogens is 350 g/mol. The molecule has 2 aliphatic rings. The van der Waals surface area contributed by atoms with Crippen molar-refractivity contribution in [2.45, 2.75) is 57.0 Å². The average molecular weight is 384 g/mol. The molecule has 3 rings (SSSR count). The van der Waals surface area contributed by atoms with Gasteiger partial charge in [0.2, 0.25) is 0 Å². The Hall–Kier alpha value is -1.91. The third-order valence-electron chi connectivity index (χ3n) is 5.84. The lowest BCUT2D eigenvalue weighted by atomic mass is 9.83. The van der Waals surface area contributed by atoms with Gasteiger partial charge in [0.25, 0.3) is 0 Å². The summed E-state index contributed by atoms with van der Waals surface area (Å²) in [4.78, 5) is 14.6. The molecular formula is C24H33NO3. The standard InChI is InChI=1S/C24H33NO3/c1-3-17-27-22-11-7-20(8-12-22)21-9-13-23(14-10-21)28-24(26)19(2)18-25-15-5-4-6-16-25/h3,9-10,13-14,20,22H,1-2,4-8,11-12,15-18H2. The first-order valence-electron chi connectivity index (χ1n) is 10.6. The molecule has 0 spiro atoms. The number of hydrogen-bond donors (Lipinski definition) is 0. The van der Waals surface area contributed by atoms with Crippen molar-refractivity contribution >= 4 is 5.97 Å². The Bertz CT molecular complexity index is 653. The molecule has 28 heavy (non-hydrogen) atoms. The van der Waals surface area contributed by atoms with Crippen molar-refractivity contribution in [3.63, 3.8) is 0 Å². The Balaban J connectivity index is 1.45. The normalized spacial score (nSPS) is 23.1. The zero-order valence-corrected chi connectivity index (χ0v) is 16.9. The minimum absolute atomic E-state index is 0.321. The highest BCUT2D eigenvalue weighted by Crippen LogP contribution is 2.34. The van der Waals surface area contributed by atoms with Crippen molar-refractivity contribution in [1.29, 1.82) is 0 Å². The number of benzene rings is 1. The van der Waals surface area contributed by atoms with Crippen LogP contribution in [0.25, 0.3) is 0 Å². The zero-order chi connectivity index (χ0) is 19.8. The second-order valence-electron chi connectivity index (χ2n) is 7.99. The van der Waals surface area contributed by atoms with Gasteiger partial charge in [-0.1, -0.05) is 31.2 Å². The number of nitrogens with zero attached hydrogens (tertiary/aromatic N) is 1. The van der Waals surface area contributed by atoms with Gasteiger partial charge in [0.15, 0.2) is 0 Å². The first kappa shape index (κ1) is 20.8. The van der Waals surface area contributed by atoms with Gasteiger partial charge >= 0.3 is 5.97 Å². The van der Waals surface area contributed by atoms with E-state index in [2.05, 4.69) is 30.2 Å². The second-order valence-corrected chi connectivity index (χ2v) is 7.99. The van der Waals surface area contributed by atoms with Crippen molar-refractivity contribution < 1.29 is 14.3 Å². The molecule has 152 valence electrons. The van der Waals surface area contributed by atoms with E-state index in [4.69, 9.17) is 9.47 Å². The van der Waals surface area contributed by atoms with Gasteiger partial charge in [0, 0.05) is 12.1 Å². The number of ether oxygens (including phenoxy) is 2. The highest BCUT2D eigenvalue weighted by molar-refractivity contribution is 5.89. The molecule has 2 fully saturated rings. The summed E-state index contributed by atoms with van der Waals surface area (Å²) in [6.07, 6.45) is 10.3. The molecule has 0 amide bonds. The van der Waals surface area contributed by atoms with Crippen LogP contribution >= 0.6 is 0 Å². The zero-order valence-electron chi connectivity index (χ0n) is 16.9. The van der Waals surface area contributed by atoms with Crippen molar-refractivity contribution in [3.05, 3.63) is 54.6 Å². The smallest absolute Gasteiger partial charge is 0.340 e. The molecule has 1 aliphatic carbocycles. The largest absolute Gasteiger partial charge is 0.423 e. The van der Waals surface area contributed by atoms with Crippen LogP contribution in [0.1, 0.15) is 56.4 Å². The Labute approximate surface area is 169 Å².